The number of aromatic nitrogens is 2. The van der Waals surface area contributed by atoms with Crippen LogP contribution in [0, 0.1) is 5.92 Å². The quantitative estimate of drug-likeness (QED) is 0.291. The number of benzene rings is 2. The van der Waals surface area contributed by atoms with Crippen LogP contribution in [0.4, 0.5) is 26.3 Å². The van der Waals surface area contributed by atoms with Crippen LogP contribution in [0.25, 0.3) is 16.6 Å². The zero-order valence-corrected chi connectivity index (χ0v) is 23.2. The third-order valence-corrected chi connectivity index (χ3v) is 6.34. The zero-order valence-electron chi connectivity index (χ0n) is 23.2. The number of carbonyl (C=O) groups excluding carboxylic acids is 3. The maximum Gasteiger partial charge on any atom is 0.430 e. The molecule has 1 amide bonds. The summed E-state index contributed by atoms with van der Waals surface area (Å²) >= 11 is 0. The van der Waals surface area contributed by atoms with Crippen molar-refractivity contribution in [3.63, 3.8) is 0 Å². The third-order valence-electron chi connectivity index (χ3n) is 6.34. The lowest BCUT2D eigenvalue weighted by molar-refractivity contribution is -0.930. The first kappa shape index (κ1) is 35.0. The summed E-state index contributed by atoms with van der Waals surface area (Å²) < 4.78 is 64.9. The maximum absolute atomic E-state index is 11.6. The molecule has 4 N–H and O–H groups in total. The molecule has 16 heteroatoms. The van der Waals surface area contributed by atoms with Gasteiger partial charge in [0.1, 0.15) is 24.0 Å². The van der Waals surface area contributed by atoms with Gasteiger partial charge in [0.15, 0.2) is 0 Å². The molecule has 1 saturated heterocycles. The van der Waals surface area contributed by atoms with Gasteiger partial charge in [0, 0.05) is 17.1 Å². The zero-order chi connectivity index (χ0) is 32.5. The highest BCUT2D eigenvalue weighted by Gasteiger charge is 2.29. The smallest absolute Gasteiger partial charge is 0.430 e. The number of hydrogen-bond donors (Lipinski definition) is 3. The summed E-state index contributed by atoms with van der Waals surface area (Å²) in [5.41, 5.74) is 8.94. The summed E-state index contributed by atoms with van der Waals surface area (Å²) in [6.07, 6.45) is -5.75. The number of amides is 1. The molecular formula is C27H31F6N5O5. The lowest BCUT2D eigenvalue weighted by Crippen LogP contribution is -3.14. The largest absolute Gasteiger partial charge is 0.542 e. The summed E-state index contributed by atoms with van der Waals surface area (Å²) in [5.74, 6) is -5.63. The van der Waals surface area contributed by atoms with Gasteiger partial charge in [-0.05, 0) is 31.0 Å². The molecule has 3 aromatic rings. The molecule has 1 aliphatic heterocycles. The van der Waals surface area contributed by atoms with Crippen molar-refractivity contribution in [1.82, 2.24) is 9.78 Å². The van der Waals surface area contributed by atoms with Gasteiger partial charge in [-0.3, -0.25) is 4.79 Å². The van der Waals surface area contributed by atoms with Gasteiger partial charge < -0.3 is 35.3 Å². The van der Waals surface area contributed by atoms with E-state index in [4.69, 9.17) is 25.5 Å². The molecule has 1 aromatic heterocycles. The van der Waals surface area contributed by atoms with Crippen LogP contribution >= 0.6 is 0 Å². The van der Waals surface area contributed by atoms with Crippen molar-refractivity contribution in [2.45, 2.75) is 31.7 Å². The summed E-state index contributed by atoms with van der Waals surface area (Å²) in [6.45, 7) is 4.88. The standard InChI is InChI=1S/C23H29N5O.2C2HF3O2/c1-26(2)13-18-5-4-12-27(15-18)14-17-8-10-20(11-9-17)28-16-19-6-3-7-21(23(24)29)22(19)25-28;2*3-2(4,5)1(6)7/h3,6-11,16,18H,4-5,12-15H2,1-2H3,(H2,24,29);2*(H,6,7). The summed E-state index contributed by atoms with van der Waals surface area (Å²) in [7, 11) is 4.50. The van der Waals surface area contributed by atoms with Crippen LogP contribution in [0.5, 0.6) is 0 Å². The Labute approximate surface area is 242 Å². The summed E-state index contributed by atoms with van der Waals surface area (Å²) in [4.78, 5) is 32.4. The highest BCUT2D eigenvalue weighted by molar-refractivity contribution is 6.04. The van der Waals surface area contributed by atoms with Gasteiger partial charge in [-0.25, -0.2) is 4.68 Å². The predicted molar refractivity (Wildman–Crippen MR) is 137 cm³/mol. The van der Waals surface area contributed by atoms with Crippen molar-refractivity contribution in [3.05, 3.63) is 59.8 Å². The maximum atomic E-state index is 11.6. The predicted octanol–water partition coefficient (Wildman–Crippen LogP) is -1.34. The number of nitrogens with zero attached hydrogens (tertiary/aromatic N) is 2. The van der Waals surface area contributed by atoms with Crippen molar-refractivity contribution in [2.24, 2.45) is 11.7 Å². The first-order chi connectivity index (χ1) is 19.9. The van der Waals surface area contributed by atoms with E-state index < -0.39 is 30.2 Å². The van der Waals surface area contributed by atoms with Crippen LogP contribution in [0.15, 0.2) is 48.7 Å². The van der Waals surface area contributed by atoms with Crippen LogP contribution in [-0.4, -0.2) is 73.7 Å². The summed E-state index contributed by atoms with van der Waals surface area (Å²) in [5, 5.41) is 23.1. The van der Waals surface area contributed by atoms with E-state index in [9.17, 15) is 31.1 Å². The van der Waals surface area contributed by atoms with Crippen molar-refractivity contribution >= 4 is 28.7 Å². The normalized spacial score (nSPS) is 17.0. The van der Waals surface area contributed by atoms with Gasteiger partial charge in [-0.15, -0.1) is 0 Å². The Bertz CT molecular complexity index is 1370. The average molecular weight is 620 g/mol. The number of quaternary nitrogens is 2. The number of fused-ring (bicyclic) bond motifs is 1. The van der Waals surface area contributed by atoms with Crippen molar-refractivity contribution < 1.29 is 60.7 Å². The first-order valence-electron chi connectivity index (χ1n) is 12.9. The molecule has 2 heterocycles. The number of nitrogens with one attached hydrogen (secondary N) is 2. The monoisotopic (exact) mass is 619 g/mol. The fourth-order valence-electron chi connectivity index (χ4n) is 4.60. The number of primary amides is 1. The number of piperidine rings is 1. The van der Waals surface area contributed by atoms with E-state index in [1.807, 2.05) is 23.0 Å². The van der Waals surface area contributed by atoms with Gasteiger partial charge in [-0.2, -0.15) is 31.4 Å². The van der Waals surface area contributed by atoms with Crippen LogP contribution in [0.2, 0.25) is 0 Å². The van der Waals surface area contributed by atoms with E-state index in [1.54, 1.807) is 15.9 Å². The Balaban J connectivity index is 0.000000384. The van der Waals surface area contributed by atoms with Crippen LogP contribution < -0.4 is 25.7 Å². The molecule has 2 atom stereocenters. The van der Waals surface area contributed by atoms with E-state index >= 15 is 0 Å². The number of carboxylic acids is 2. The van der Waals surface area contributed by atoms with E-state index in [1.165, 1.54) is 38.0 Å². The Morgan fingerprint density at radius 3 is 2.05 bits per heavy atom. The van der Waals surface area contributed by atoms with Gasteiger partial charge in [-0.1, -0.05) is 24.3 Å². The number of hydrogen-bond acceptors (Lipinski definition) is 6. The second-order valence-electron chi connectivity index (χ2n) is 10.2. The Morgan fingerprint density at radius 2 is 1.56 bits per heavy atom. The molecule has 10 nitrogen and oxygen atoms in total. The molecule has 0 radical (unpaired) electrons. The molecule has 4 rings (SSSR count). The molecule has 0 aliphatic carbocycles. The highest BCUT2D eigenvalue weighted by atomic mass is 19.4. The van der Waals surface area contributed by atoms with Crippen LogP contribution in [-0.2, 0) is 16.1 Å². The molecule has 1 fully saturated rings. The molecule has 2 aromatic carbocycles. The second-order valence-corrected chi connectivity index (χ2v) is 10.2. The Morgan fingerprint density at radius 1 is 1.00 bits per heavy atom. The first-order valence-corrected chi connectivity index (χ1v) is 12.9. The topological polar surface area (TPSA) is 150 Å². The highest BCUT2D eigenvalue weighted by Crippen LogP contribution is 2.20. The van der Waals surface area contributed by atoms with Gasteiger partial charge >= 0.3 is 12.4 Å². The van der Waals surface area contributed by atoms with E-state index in [0.29, 0.717) is 11.1 Å². The van der Waals surface area contributed by atoms with Gasteiger partial charge in [0.25, 0.3) is 5.91 Å². The molecule has 0 saturated carbocycles. The Kier molecular flexibility index (Phi) is 12.1. The molecule has 0 spiro atoms. The average Bonchev–Trinajstić information content (AvgIpc) is 3.33. The van der Waals surface area contributed by atoms with Gasteiger partial charge in [0.2, 0.25) is 0 Å². The number of alkyl halides is 6. The Hall–Kier alpha value is -4.18. The minimum Gasteiger partial charge on any atom is -0.542 e. The SMILES string of the molecule is C[NH+](C)CC1CCC[NH+](Cc2ccc(-n3cc4cccc(C(N)=O)c4n3)cc2)C1.O=C([O-])C(F)(F)F.O=C([O-])C(F)(F)F. The molecule has 1 aliphatic rings. The lowest BCUT2D eigenvalue weighted by atomic mass is 9.97. The molecule has 43 heavy (non-hydrogen) atoms. The number of carboxylic acid groups (broad SMARTS) is 2. The molecule has 2 unspecified atom stereocenters. The van der Waals surface area contributed by atoms with E-state index in [0.717, 1.165) is 23.5 Å². The van der Waals surface area contributed by atoms with Crippen molar-refractivity contribution in [3.8, 4) is 5.69 Å². The minimum atomic E-state index is -5.19. The molecule has 236 valence electrons. The lowest BCUT2D eigenvalue weighted by Gasteiger charge is -2.30. The molecule has 0 bridgehead atoms. The number of halogens is 6. The van der Waals surface area contributed by atoms with E-state index in [-0.39, 0.29) is 0 Å². The minimum absolute atomic E-state index is 0.449. The summed E-state index contributed by atoms with van der Waals surface area (Å²) in [6, 6.07) is 14.1. The van der Waals surface area contributed by atoms with Crippen molar-refractivity contribution in [2.75, 3.05) is 33.7 Å². The fraction of sp³-hybridized carbons (Fsp3) is 0.407. The third kappa shape index (κ3) is 11.2. The number of likely N-dealkylation sites (tertiary alicyclic amines) is 1. The number of carbonyl (C=O) groups is 3. The second kappa shape index (κ2) is 14.8. The number of nitrogens with two attached hydrogens (primary N) is 1. The fourth-order valence-corrected chi connectivity index (χ4v) is 4.60. The van der Waals surface area contributed by atoms with Gasteiger partial charge in [0.05, 0.1) is 50.9 Å². The number of rotatable bonds is 6. The van der Waals surface area contributed by atoms with Crippen molar-refractivity contribution in [1.29, 1.82) is 0 Å². The molecular weight excluding hydrogens is 588 g/mol. The van der Waals surface area contributed by atoms with Crippen LogP contribution in [0.1, 0.15) is 28.8 Å². The van der Waals surface area contributed by atoms with Crippen LogP contribution in [0.3, 0.4) is 0 Å². The number of aliphatic carboxylic acids is 2. The van der Waals surface area contributed by atoms with E-state index in [2.05, 4.69) is 43.5 Å².